The van der Waals surface area contributed by atoms with E-state index in [0.29, 0.717) is 19.4 Å². The molecule has 0 heterocycles. The van der Waals surface area contributed by atoms with Gasteiger partial charge in [-0.2, -0.15) is 0 Å². The third kappa shape index (κ3) is 53.2. The van der Waals surface area contributed by atoms with Crippen molar-refractivity contribution < 1.29 is 24.5 Å². The summed E-state index contributed by atoms with van der Waals surface area (Å²) < 4.78 is 5.48. The average molecular weight is 955 g/mol. The number of hydrogen-bond acceptors (Lipinski definition) is 5. The van der Waals surface area contributed by atoms with Crippen molar-refractivity contribution in [2.75, 3.05) is 13.2 Å². The lowest BCUT2D eigenvalue weighted by Gasteiger charge is -2.20. The minimum Gasteiger partial charge on any atom is -0.466 e. The Hall–Kier alpha value is -2.18. The van der Waals surface area contributed by atoms with Crippen molar-refractivity contribution in [2.24, 2.45) is 0 Å². The number of unbranched alkanes of at least 4 members (excludes halogenated alkanes) is 38. The number of carbonyl (C=O) groups is 2. The minimum absolute atomic E-state index is 0.000654. The fourth-order valence-corrected chi connectivity index (χ4v) is 8.95. The molecule has 0 saturated carbocycles. The third-order valence-corrected chi connectivity index (χ3v) is 13.6. The zero-order valence-electron chi connectivity index (χ0n) is 45.3. The molecule has 0 aliphatic rings. The summed E-state index contributed by atoms with van der Waals surface area (Å²) in [5.41, 5.74) is 0. The molecule has 68 heavy (non-hydrogen) atoms. The molecule has 0 radical (unpaired) electrons. The molecule has 0 aromatic heterocycles. The topological polar surface area (TPSA) is 95.9 Å². The van der Waals surface area contributed by atoms with Crippen LogP contribution in [0.1, 0.15) is 309 Å². The number of hydrogen-bond donors (Lipinski definition) is 3. The lowest BCUT2D eigenvalue weighted by molar-refractivity contribution is -0.143. The van der Waals surface area contributed by atoms with E-state index in [-0.39, 0.29) is 18.5 Å². The summed E-state index contributed by atoms with van der Waals surface area (Å²) in [7, 11) is 0. The molecule has 0 aliphatic heterocycles. The van der Waals surface area contributed by atoms with E-state index in [1.165, 1.54) is 225 Å². The smallest absolute Gasteiger partial charge is 0.305 e. The van der Waals surface area contributed by atoms with Gasteiger partial charge in [0.1, 0.15) is 0 Å². The van der Waals surface area contributed by atoms with Gasteiger partial charge in [-0.25, -0.2) is 0 Å². The maximum Gasteiger partial charge on any atom is 0.305 e. The number of esters is 1. The summed E-state index contributed by atoms with van der Waals surface area (Å²) >= 11 is 0. The van der Waals surface area contributed by atoms with Crippen molar-refractivity contribution in [1.82, 2.24) is 5.32 Å². The molecule has 0 saturated heterocycles. The van der Waals surface area contributed by atoms with E-state index in [4.69, 9.17) is 4.74 Å². The van der Waals surface area contributed by atoms with Crippen LogP contribution in [0, 0.1) is 0 Å². The number of carbonyl (C=O) groups excluding carboxylic acids is 2. The molecule has 3 N–H and O–H groups in total. The van der Waals surface area contributed by atoms with E-state index in [2.05, 4.69) is 55.6 Å². The first-order valence-corrected chi connectivity index (χ1v) is 29.9. The van der Waals surface area contributed by atoms with Gasteiger partial charge < -0.3 is 20.3 Å². The van der Waals surface area contributed by atoms with Crippen molar-refractivity contribution in [3.05, 3.63) is 48.6 Å². The molecule has 1 amide bonds. The van der Waals surface area contributed by atoms with Crippen LogP contribution in [-0.2, 0) is 14.3 Å². The normalized spacial score (nSPS) is 12.9. The van der Waals surface area contributed by atoms with Gasteiger partial charge in [0.2, 0.25) is 5.91 Å². The highest BCUT2D eigenvalue weighted by Crippen LogP contribution is 2.16. The Balaban J connectivity index is 3.44. The predicted octanol–water partition coefficient (Wildman–Crippen LogP) is 18.6. The van der Waals surface area contributed by atoms with Gasteiger partial charge in [-0.05, 0) is 89.9 Å². The molecule has 6 heteroatoms. The molecule has 0 fully saturated rings. The maximum atomic E-state index is 12.4. The van der Waals surface area contributed by atoms with Gasteiger partial charge in [0.15, 0.2) is 0 Å². The molecule has 398 valence electrons. The van der Waals surface area contributed by atoms with Gasteiger partial charge in [-0.1, -0.05) is 255 Å². The summed E-state index contributed by atoms with van der Waals surface area (Å²) in [6.07, 6.45) is 72.8. The van der Waals surface area contributed by atoms with E-state index >= 15 is 0 Å². The Morgan fingerprint density at radius 1 is 0.412 bits per heavy atom. The molecule has 0 rings (SSSR count). The van der Waals surface area contributed by atoms with Crippen LogP contribution in [-0.4, -0.2) is 47.4 Å². The molecular formula is C62H115NO5. The van der Waals surface area contributed by atoms with Gasteiger partial charge in [0, 0.05) is 12.8 Å². The van der Waals surface area contributed by atoms with Gasteiger partial charge >= 0.3 is 5.97 Å². The van der Waals surface area contributed by atoms with Gasteiger partial charge in [-0.3, -0.25) is 9.59 Å². The third-order valence-electron chi connectivity index (χ3n) is 13.6. The molecule has 2 unspecified atom stereocenters. The second-order valence-electron chi connectivity index (χ2n) is 20.3. The number of aliphatic hydroxyl groups is 2. The van der Waals surface area contributed by atoms with E-state index in [0.717, 1.165) is 57.8 Å². The Morgan fingerprint density at radius 2 is 0.735 bits per heavy atom. The fraction of sp³-hybridized carbons (Fsp3) is 0.839. The lowest BCUT2D eigenvalue weighted by atomic mass is 10.0. The van der Waals surface area contributed by atoms with E-state index in [1.807, 2.05) is 6.08 Å². The summed E-state index contributed by atoms with van der Waals surface area (Å²) in [5, 5.41) is 23.1. The lowest BCUT2D eigenvalue weighted by Crippen LogP contribution is -2.45. The highest BCUT2D eigenvalue weighted by molar-refractivity contribution is 5.76. The number of amides is 1. The zero-order chi connectivity index (χ0) is 49.3. The SMILES string of the molecule is CCCCC/C=C\C/C=C\CCCCCCCCCC(=O)OCCCCCCCCCCCC/C=C\CCCCCCCCCC(=O)NC(CO)C(O)/C=C/CCCCCCCCCCCCC. The number of ether oxygens (including phenoxy) is 1. The Morgan fingerprint density at radius 3 is 1.16 bits per heavy atom. The van der Waals surface area contributed by atoms with Gasteiger partial charge in [-0.15, -0.1) is 0 Å². The first-order valence-electron chi connectivity index (χ1n) is 29.9. The van der Waals surface area contributed by atoms with Crippen LogP contribution in [0.3, 0.4) is 0 Å². The van der Waals surface area contributed by atoms with E-state index in [1.54, 1.807) is 6.08 Å². The first kappa shape index (κ1) is 65.8. The number of aliphatic hydroxyl groups excluding tert-OH is 2. The highest BCUT2D eigenvalue weighted by Gasteiger charge is 2.18. The number of rotatable bonds is 55. The predicted molar refractivity (Wildman–Crippen MR) is 296 cm³/mol. The second kappa shape index (κ2) is 57.4. The zero-order valence-corrected chi connectivity index (χ0v) is 45.3. The van der Waals surface area contributed by atoms with Gasteiger partial charge in [0.25, 0.3) is 0 Å². The molecule has 0 aliphatic carbocycles. The van der Waals surface area contributed by atoms with Crippen molar-refractivity contribution in [1.29, 1.82) is 0 Å². The fourth-order valence-electron chi connectivity index (χ4n) is 8.95. The highest BCUT2D eigenvalue weighted by atomic mass is 16.5. The molecule has 2 atom stereocenters. The van der Waals surface area contributed by atoms with Crippen LogP contribution in [0.4, 0.5) is 0 Å². The van der Waals surface area contributed by atoms with E-state index in [9.17, 15) is 19.8 Å². The average Bonchev–Trinajstić information content (AvgIpc) is 3.34. The van der Waals surface area contributed by atoms with Gasteiger partial charge in [0.05, 0.1) is 25.4 Å². The number of nitrogens with one attached hydrogen (secondary N) is 1. The maximum absolute atomic E-state index is 12.4. The summed E-state index contributed by atoms with van der Waals surface area (Å²) in [6.45, 7) is 4.87. The van der Waals surface area contributed by atoms with Crippen LogP contribution in [0.25, 0.3) is 0 Å². The second-order valence-corrected chi connectivity index (χ2v) is 20.3. The summed E-state index contributed by atoms with van der Waals surface area (Å²) in [5.74, 6) is -0.0771. The summed E-state index contributed by atoms with van der Waals surface area (Å²) in [6, 6.07) is -0.634. The van der Waals surface area contributed by atoms with E-state index < -0.39 is 12.1 Å². The molecule has 0 spiro atoms. The Labute approximate surface area is 423 Å². The molecular weight excluding hydrogens is 839 g/mol. The minimum atomic E-state index is -0.849. The van der Waals surface area contributed by atoms with Crippen LogP contribution in [0.5, 0.6) is 0 Å². The molecule has 6 nitrogen and oxygen atoms in total. The number of allylic oxidation sites excluding steroid dienone is 7. The molecule has 0 aromatic rings. The van der Waals surface area contributed by atoms with Crippen molar-refractivity contribution in [3.8, 4) is 0 Å². The standard InChI is InChI=1S/C62H115NO5/c1-3-5-7-9-11-13-15-17-18-24-28-32-36-40-44-48-52-56-62(67)68-57-53-49-45-41-37-33-29-26-23-21-19-20-22-25-27-31-35-39-43-47-51-55-61(66)63-59(58-64)60(65)54-50-46-42-38-34-30-16-14-12-10-8-6-4-2/h11,13,17-18,20,22,50,54,59-60,64-65H,3-10,12,14-16,19,21,23-49,51-53,55-58H2,1-2H3,(H,63,66)/b13-11-,18-17-,22-20-,54-50+. The Bertz CT molecular complexity index is 1150. The first-order chi connectivity index (χ1) is 33.5. The van der Waals surface area contributed by atoms with Crippen LogP contribution < -0.4 is 5.32 Å². The van der Waals surface area contributed by atoms with Crippen molar-refractivity contribution in [3.63, 3.8) is 0 Å². The van der Waals surface area contributed by atoms with Crippen LogP contribution in [0.15, 0.2) is 48.6 Å². The Kier molecular flexibility index (Phi) is 55.6. The largest absolute Gasteiger partial charge is 0.466 e. The van der Waals surface area contributed by atoms with Crippen LogP contribution >= 0.6 is 0 Å². The molecule has 0 aromatic carbocycles. The monoisotopic (exact) mass is 954 g/mol. The van der Waals surface area contributed by atoms with Crippen molar-refractivity contribution >= 4 is 11.9 Å². The summed E-state index contributed by atoms with van der Waals surface area (Å²) in [4.78, 5) is 24.5. The van der Waals surface area contributed by atoms with Crippen LogP contribution in [0.2, 0.25) is 0 Å². The van der Waals surface area contributed by atoms with Crippen molar-refractivity contribution in [2.45, 2.75) is 321 Å². The quantitative estimate of drug-likeness (QED) is 0.0321. The molecule has 0 bridgehead atoms.